The molecule has 0 N–H and O–H groups in total. The molecule has 0 atom stereocenters. The SMILES string of the molecule is Clc1cc(CN2CCN(CC3CC3)CC2)ccn1. The lowest BCUT2D eigenvalue weighted by molar-refractivity contribution is 0.123. The summed E-state index contributed by atoms with van der Waals surface area (Å²) in [7, 11) is 0. The van der Waals surface area contributed by atoms with Gasteiger partial charge in [-0.15, -0.1) is 0 Å². The molecule has 0 aromatic carbocycles. The van der Waals surface area contributed by atoms with Crippen molar-refractivity contribution in [1.82, 2.24) is 14.8 Å². The minimum atomic E-state index is 0.597. The molecule has 0 radical (unpaired) electrons. The zero-order chi connectivity index (χ0) is 12.4. The molecule has 2 fully saturated rings. The highest BCUT2D eigenvalue weighted by Gasteiger charge is 2.26. The van der Waals surface area contributed by atoms with E-state index in [0.717, 1.165) is 12.5 Å². The number of piperazine rings is 1. The standard InChI is InChI=1S/C14H20ClN3/c15-14-9-13(3-4-16-14)11-18-7-5-17(6-8-18)10-12-1-2-12/h3-4,9,12H,1-2,5-8,10-11H2. The van der Waals surface area contributed by atoms with Crippen molar-refractivity contribution in [2.75, 3.05) is 32.7 Å². The third-order valence-corrected chi connectivity index (χ3v) is 4.08. The van der Waals surface area contributed by atoms with Crippen molar-refractivity contribution in [3.63, 3.8) is 0 Å². The summed E-state index contributed by atoms with van der Waals surface area (Å²) in [6.07, 6.45) is 4.70. The summed E-state index contributed by atoms with van der Waals surface area (Å²) in [4.78, 5) is 9.15. The van der Waals surface area contributed by atoms with E-state index in [1.165, 1.54) is 51.1 Å². The average molecular weight is 266 g/mol. The zero-order valence-electron chi connectivity index (χ0n) is 10.7. The van der Waals surface area contributed by atoms with Gasteiger partial charge in [0.05, 0.1) is 0 Å². The van der Waals surface area contributed by atoms with Crippen LogP contribution in [0.4, 0.5) is 0 Å². The molecule has 0 bridgehead atoms. The fraction of sp³-hybridized carbons (Fsp3) is 0.643. The Morgan fingerprint density at radius 1 is 1.17 bits per heavy atom. The normalized spacial score (nSPS) is 22.3. The van der Waals surface area contributed by atoms with E-state index in [1.54, 1.807) is 6.20 Å². The van der Waals surface area contributed by atoms with E-state index < -0.39 is 0 Å². The van der Waals surface area contributed by atoms with E-state index >= 15 is 0 Å². The lowest BCUT2D eigenvalue weighted by atomic mass is 10.2. The van der Waals surface area contributed by atoms with Crippen molar-refractivity contribution in [1.29, 1.82) is 0 Å². The first kappa shape index (κ1) is 12.4. The fourth-order valence-electron chi connectivity index (χ4n) is 2.59. The Hall–Kier alpha value is -0.640. The molecule has 1 saturated carbocycles. The van der Waals surface area contributed by atoms with Crippen LogP contribution in [0.15, 0.2) is 18.3 Å². The van der Waals surface area contributed by atoms with Crippen molar-refractivity contribution < 1.29 is 0 Å². The smallest absolute Gasteiger partial charge is 0.129 e. The van der Waals surface area contributed by atoms with Crippen LogP contribution in [0, 0.1) is 5.92 Å². The van der Waals surface area contributed by atoms with Crippen molar-refractivity contribution in [2.24, 2.45) is 5.92 Å². The number of rotatable bonds is 4. The Morgan fingerprint density at radius 2 is 1.89 bits per heavy atom. The van der Waals surface area contributed by atoms with Crippen LogP contribution in [0.3, 0.4) is 0 Å². The van der Waals surface area contributed by atoms with Gasteiger partial charge in [0.2, 0.25) is 0 Å². The van der Waals surface area contributed by atoms with Gasteiger partial charge in [-0.25, -0.2) is 4.98 Å². The highest BCUT2D eigenvalue weighted by atomic mass is 35.5. The summed E-state index contributed by atoms with van der Waals surface area (Å²) in [5, 5.41) is 0.597. The predicted octanol–water partition coefficient (Wildman–Crippen LogP) is 2.26. The molecule has 18 heavy (non-hydrogen) atoms. The largest absolute Gasteiger partial charge is 0.301 e. The van der Waals surface area contributed by atoms with Gasteiger partial charge in [0.15, 0.2) is 0 Å². The van der Waals surface area contributed by atoms with Crippen molar-refractivity contribution in [3.05, 3.63) is 29.0 Å². The van der Waals surface area contributed by atoms with Crippen LogP contribution in [-0.4, -0.2) is 47.5 Å². The van der Waals surface area contributed by atoms with Crippen LogP contribution in [-0.2, 0) is 6.54 Å². The molecular formula is C14H20ClN3. The zero-order valence-corrected chi connectivity index (χ0v) is 11.4. The topological polar surface area (TPSA) is 19.4 Å². The number of hydrogen-bond donors (Lipinski definition) is 0. The quantitative estimate of drug-likeness (QED) is 0.779. The molecule has 4 heteroatoms. The Morgan fingerprint density at radius 3 is 2.56 bits per heavy atom. The summed E-state index contributed by atoms with van der Waals surface area (Å²) in [5.41, 5.74) is 1.27. The first-order chi connectivity index (χ1) is 8.79. The number of aromatic nitrogens is 1. The van der Waals surface area contributed by atoms with Crippen LogP contribution in [0.25, 0.3) is 0 Å². The first-order valence-corrected chi connectivity index (χ1v) is 7.22. The minimum absolute atomic E-state index is 0.597. The lowest BCUT2D eigenvalue weighted by Gasteiger charge is -2.34. The highest BCUT2D eigenvalue weighted by molar-refractivity contribution is 6.29. The maximum Gasteiger partial charge on any atom is 0.129 e. The Bertz CT molecular complexity index is 398. The number of nitrogens with zero attached hydrogens (tertiary/aromatic N) is 3. The monoisotopic (exact) mass is 265 g/mol. The molecule has 1 aliphatic carbocycles. The third-order valence-electron chi connectivity index (χ3n) is 3.88. The summed E-state index contributed by atoms with van der Waals surface area (Å²) in [5.74, 6) is 1.01. The van der Waals surface area contributed by atoms with E-state index in [1.807, 2.05) is 6.07 Å². The van der Waals surface area contributed by atoms with Gasteiger partial charge >= 0.3 is 0 Å². The Labute approximate surface area is 114 Å². The number of pyridine rings is 1. The molecular weight excluding hydrogens is 246 g/mol. The summed E-state index contributed by atoms with van der Waals surface area (Å²) in [6, 6.07) is 4.03. The molecule has 0 spiro atoms. The predicted molar refractivity (Wildman–Crippen MR) is 73.7 cm³/mol. The minimum Gasteiger partial charge on any atom is -0.301 e. The summed E-state index contributed by atoms with van der Waals surface area (Å²) in [6.45, 7) is 7.11. The maximum atomic E-state index is 5.91. The second kappa shape index (κ2) is 5.55. The maximum absolute atomic E-state index is 5.91. The van der Waals surface area contributed by atoms with Crippen LogP contribution in [0.1, 0.15) is 18.4 Å². The van der Waals surface area contributed by atoms with Crippen molar-refractivity contribution in [3.8, 4) is 0 Å². The third kappa shape index (κ3) is 3.44. The number of halogens is 1. The second-order valence-corrected chi connectivity index (χ2v) is 5.89. The summed E-state index contributed by atoms with van der Waals surface area (Å²) >= 11 is 5.91. The second-order valence-electron chi connectivity index (χ2n) is 5.51. The van der Waals surface area contributed by atoms with Crippen LogP contribution < -0.4 is 0 Å². The van der Waals surface area contributed by atoms with Gasteiger partial charge in [-0.05, 0) is 36.5 Å². The molecule has 0 unspecified atom stereocenters. The van der Waals surface area contributed by atoms with Gasteiger partial charge in [0, 0.05) is 45.5 Å². The molecule has 3 rings (SSSR count). The van der Waals surface area contributed by atoms with E-state index in [9.17, 15) is 0 Å². The summed E-state index contributed by atoms with van der Waals surface area (Å²) < 4.78 is 0. The van der Waals surface area contributed by atoms with Gasteiger partial charge in [-0.1, -0.05) is 11.6 Å². The van der Waals surface area contributed by atoms with Gasteiger partial charge in [-0.2, -0.15) is 0 Å². The molecule has 1 aromatic rings. The molecule has 3 nitrogen and oxygen atoms in total. The van der Waals surface area contributed by atoms with Gasteiger partial charge in [-0.3, -0.25) is 4.90 Å². The Kier molecular flexibility index (Phi) is 3.83. The fourth-order valence-corrected chi connectivity index (χ4v) is 2.79. The van der Waals surface area contributed by atoms with Gasteiger partial charge in [0.25, 0.3) is 0 Å². The molecule has 98 valence electrons. The van der Waals surface area contributed by atoms with Gasteiger partial charge < -0.3 is 4.90 Å². The van der Waals surface area contributed by atoms with E-state index in [4.69, 9.17) is 11.6 Å². The lowest BCUT2D eigenvalue weighted by Crippen LogP contribution is -2.46. The van der Waals surface area contributed by atoms with E-state index in [-0.39, 0.29) is 0 Å². The molecule has 0 amide bonds. The average Bonchev–Trinajstić information content (AvgIpc) is 3.16. The van der Waals surface area contributed by atoms with E-state index in [2.05, 4.69) is 20.9 Å². The molecule has 1 saturated heterocycles. The molecule has 2 heterocycles. The number of hydrogen-bond acceptors (Lipinski definition) is 3. The van der Waals surface area contributed by atoms with Crippen LogP contribution in [0.5, 0.6) is 0 Å². The van der Waals surface area contributed by atoms with Gasteiger partial charge in [0.1, 0.15) is 5.15 Å². The highest BCUT2D eigenvalue weighted by Crippen LogP contribution is 2.29. The van der Waals surface area contributed by atoms with Crippen LogP contribution >= 0.6 is 11.6 Å². The molecule has 1 aromatic heterocycles. The molecule has 2 aliphatic rings. The molecule has 1 aliphatic heterocycles. The van der Waals surface area contributed by atoms with Crippen LogP contribution in [0.2, 0.25) is 5.15 Å². The van der Waals surface area contributed by atoms with Crippen molar-refractivity contribution >= 4 is 11.6 Å². The van der Waals surface area contributed by atoms with E-state index in [0.29, 0.717) is 5.15 Å². The Balaban J connectivity index is 1.47. The first-order valence-electron chi connectivity index (χ1n) is 6.85. The van der Waals surface area contributed by atoms with Crippen molar-refractivity contribution in [2.45, 2.75) is 19.4 Å².